The van der Waals surface area contributed by atoms with Gasteiger partial charge in [0.15, 0.2) is 10.4 Å². The van der Waals surface area contributed by atoms with Crippen molar-refractivity contribution < 1.29 is 14.0 Å². The van der Waals surface area contributed by atoms with Crippen molar-refractivity contribution in [3.8, 4) is 0 Å². The number of amides is 2. The van der Waals surface area contributed by atoms with E-state index in [4.69, 9.17) is 4.42 Å². The van der Waals surface area contributed by atoms with E-state index in [-0.39, 0.29) is 17.6 Å². The summed E-state index contributed by atoms with van der Waals surface area (Å²) in [6.45, 7) is 0.561. The Bertz CT molecular complexity index is 1160. The van der Waals surface area contributed by atoms with Gasteiger partial charge in [-0.1, -0.05) is 18.2 Å². The number of fused-ring (bicyclic) bond motifs is 1. The van der Waals surface area contributed by atoms with Crippen LogP contribution in [0.1, 0.15) is 26.5 Å². The zero-order valence-corrected chi connectivity index (χ0v) is 17.7. The van der Waals surface area contributed by atoms with E-state index in [1.165, 1.54) is 15.6 Å². The van der Waals surface area contributed by atoms with Crippen LogP contribution in [0.15, 0.2) is 75.1 Å². The average molecular weight is 469 g/mol. The van der Waals surface area contributed by atoms with Crippen molar-refractivity contribution in [1.29, 1.82) is 0 Å². The molecule has 0 unspecified atom stereocenters. The first kappa shape index (κ1) is 19.4. The number of halogens is 1. The van der Waals surface area contributed by atoms with Gasteiger partial charge in [0.2, 0.25) is 0 Å². The summed E-state index contributed by atoms with van der Waals surface area (Å²) in [5, 5.41) is 9.07. The van der Waals surface area contributed by atoms with Gasteiger partial charge in [-0.2, -0.15) is 0 Å². The second-order valence-corrected chi connectivity index (χ2v) is 8.09. The fraction of sp³-hybridized carbons (Fsp3) is 0.0909. The van der Waals surface area contributed by atoms with Crippen LogP contribution in [0.2, 0.25) is 0 Å². The Hall–Kier alpha value is -2.90. The highest BCUT2D eigenvalue weighted by Gasteiger charge is 2.11. The van der Waals surface area contributed by atoms with Gasteiger partial charge in [0, 0.05) is 22.5 Å². The summed E-state index contributed by atoms with van der Waals surface area (Å²) in [7, 11) is 0. The minimum Gasteiger partial charge on any atom is -0.444 e. The Morgan fingerprint density at radius 1 is 0.966 bits per heavy atom. The first-order valence-corrected chi connectivity index (χ1v) is 10.7. The quantitative estimate of drug-likeness (QED) is 0.393. The van der Waals surface area contributed by atoms with Crippen LogP contribution in [0.5, 0.6) is 0 Å². The summed E-state index contributed by atoms with van der Waals surface area (Å²) in [4.78, 5) is 24.5. The summed E-state index contributed by atoms with van der Waals surface area (Å²) in [5.41, 5.74) is 2.37. The van der Waals surface area contributed by atoms with Crippen molar-refractivity contribution in [3.05, 3.63) is 87.6 Å². The molecular weight excluding hydrogens is 452 g/mol. The van der Waals surface area contributed by atoms with Crippen molar-refractivity contribution in [2.75, 3.05) is 11.9 Å². The second-order valence-electron chi connectivity index (χ2n) is 6.40. The molecule has 7 heteroatoms. The molecule has 4 rings (SSSR count). The predicted molar refractivity (Wildman–Crippen MR) is 119 cm³/mol. The topological polar surface area (TPSA) is 71.3 Å². The Morgan fingerprint density at radius 3 is 2.52 bits per heavy atom. The number of thiophene rings is 1. The highest BCUT2D eigenvalue weighted by atomic mass is 79.9. The summed E-state index contributed by atoms with van der Waals surface area (Å²) in [6, 6.07) is 18.3. The fourth-order valence-corrected chi connectivity index (χ4v) is 4.28. The molecule has 0 saturated heterocycles. The molecule has 4 aromatic rings. The maximum atomic E-state index is 12.4. The number of nitrogens with one attached hydrogen (secondary N) is 2. The van der Waals surface area contributed by atoms with Crippen LogP contribution in [0.4, 0.5) is 5.69 Å². The van der Waals surface area contributed by atoms with Crippen LogP contribution in [0, 0.1) is 0 Å². The standard InChI is InChI=1S/C22H17BrN2O3S/c23-20-10-9-18(28-20)22(27)25-16-7-5-14(6-8-16)21(26)24-12-11-15-13-29-19-4-2-1-3-17(15)19/h1-10,13H,11-12H2,(H,24,26)(H,25,27). The van der Waals surface area contributed by atoms with E-state index in [0.717, 1.165) is 6.42 Å². The molecule has 0 saturated carbocycles. The molecule has 0 aliphatic rings. The van der Waals surface area contributed by atoms with Crippen LogP contribution >= 0.6 is 27.3 Å². The number of anilines is 1. The van der Waals surface area contributed by atoms with Crippen molar-refractivity contribution in [3.63, 3.8) is 0 Å². The van der Waals surface area contributed by atoms with Gasteiger partial charge in [-0.3, -0.25) is 9.59 Å². The van der Waals surface area contributed by atoms with Crippen molar-refractivity contribution in [2.24, 2.45) is 0 Å². The summed E-state index contributed by atoms with van der Waals surface area (Å²) >= 11 is 4.88. The summed E-state index contributed by atoms with van der Waals surface area (Å²) in [6.07, 6.45) is 0.780. The Labute approximate surface area is 179 Å². The Balaban J connectivity index is 1.31. The lowest BCUT2D eigenvalue weighted by atomic mass is 10.1. The van der Waals surface area contributed by atoms with Gasteiger partial charge in [-0.25, -0.2) is 0 Å². The normalized spacial score (nSPS) is 10.8. The van der Waals surface area contributed by atoms with Gasteiger partial charge in [0.1, 0.15) is 0 Å². The van der Waals surface area contributed by atoms with Gasteiger partial charge < -0.3 is 15.1 Å². The smallest absolute Gasteiger partial charge is 0.291 e. The molecule has 2 heterocycles. The van der Waals surface area contributed by atoms with E-state index < -0.39 is 0 Å². The molecule has 5 nitrogen and oxygen atoms in total. The SMILES string of the molecule is O=C(NCCc1csc2ccccc12)c1ccc(NC(=O)c2ccc(Br)o2)cc1. The number of hydrogen-bond acceptors (Lipinski definition) is 4. The van der Waals surface area contributed by atoms with Crippen LogP contribution in [-0.2, 0) is 6.42 Å². The minimum absolute atomic E-state index is 0.141. The van der Waals surface area contributed by atoms with E-state index in [2.05, 4.69) is 44.1 Å². The highest BCUT2D eigenvalue weighted by molar-refractivity contribution is 9.10. The zero-order chi connectivity index (χ0) is 20.2. The van der Waals surface area contributed by atoms with Crippen LogP contribution < -0.4 is 10.6 Å². The molecule has 0 bridgehead atoms. The molecule has 0 atom stereocenters. The molecule has 0 aliphatic heterocycles. The van der Waals surface area contributed by atoms with Gasteiger partial charge in [-0.05, 0) is 81.1 Å². The first-order valence-electron chi connectivity index (χ1n) is 9.00. The third-order valence-electron chi connectivity index (χ3n) is 4.44. The van der Waals surface area contributed by atoms with Crippen molar-refractivity contribution in [2.45, 2.75) is 6.42 Å². The summed E-state index contributed by atoms with van der Waals surface area (Å²) < 4.78 is 6.97. The fourth-order valence-electron chi connectivity index (χ4n) is 2.97. The zero-order valence-electron chi connectivity index (χ0n) is 15.3. The maximum Gasteiger partial charge on any atom is 0.291 e. The van der Waals surface area contributed by atoms with Crippen molar-refractivity contribution in [1.82, 2.24) is 5.32 Å². The van der Waals surface area contributed by atoms with Gasteiger partial charge in [-0.15, -0.1) is 11.3 Å². The molecule has 0 fully saturated rings. The van der Waals surface area contributed by atoms with Crippen LogP contribution in [-0.4, -0.2) is 18.4 Å². The van der Waals surface area contributed by atoms with E-state index in [0.29, 0.717) is 22.5 Å². The summed E-state index contributed by atoms with van der Waals surface area (Å²) in [5.74, 6) is -0.284. The lowest BCUT2D eigenvalue weighted by Gasteiger charge is -2.07. The molecule has 146 valence electrons. The Kier molecular flexibility index (Phi) is 5.78. The molecule has 0 radical (unpaired) electrons. The average Bonchev–Trinajstić information content (AvgIpc) is 3.35. The molecule has 2 N–H and O–H groups in total. The first-order chi connectivity index (χ1) is 14.1. The number of carbonyl (C=O) groups is 2. The van der Waals surface area contributed by atoms with Gasteiger partial charge >= 0.3 is 0 Å². The van der Waals surface area contributed by atoms with Crippen LogP contribution in [0.25, 0.3) is 10.1 Å². The lowest BCUT2D eigenvalue weighted by molar-refractivity contribution is 0.0953. The van der Waals surface area contributed by atoms with Gasteiger partial charge in [0.05, 0.1) is 0 Å². The number of furan rings is 1. The van der Waals surface area contributed by atoms with Crippen molar-refractivity contribution >= 4 is 54.9 Å². The van der Waals surface area contributed by atoms with E-state index in [1.807, 2.05) is 12.1 Å². The molecule has 0 spiro atoms. The molecule has 0 aliphatic carbocycles. The van der Waals surface area contributed by atoms with E-state index in [1.54, 1.807) is 47.7 Å². The third kappa shape index (κ3) is 4.58. The number of rotatable bonds is 6. The second kappa shape index (κ2) is 8.63. The van der Waals surface area contributed by atoms with E-state index >= 15 is 0 Å². The van der Waals surface area contributed by atoms with E-state index in [9.17, 15) is 9.59 Å². The molecular formula is C22H17BrN2O3S. The number of benzene rings is 2. The molecule has 2 amide bonds. The largest absolute Gasteiger partial charge is 0.444 e. The molecule has 2 aromatic carbocycles. The third-order valence-corrected chi connectivity index (χ3v) is 5.88. The molecule has 29 heavy (non-hydrogen) atoms. The van der Waals surface area contributed by atoms with Gasteiger partial charge in [0.25, 0.3) is 11.8 Å². The maximum absolute atomic E-state index is 12.4. The predicted octanol–water partition coefficient (Wildman–Crippen LogP) is 5.48. The molecule has 2 aromatic heterocycles. The lowest BCUT2D eigenvalue weighted by Crippen LogP contribution is -2.25. The minimum atomic E-state index is -0.351. The monoisotopic (exact) mass is 468 g/mol. The van der Waals surface area contributed by atoms with Crippen LogP contribution in [0.3, 0.4) is 0 Å². The number of hydrogen-bond donors (Lipinski definition) is 2. The number of carbonyl (C=O) groups excluding carboxylic acids is 2. The Morgan fingerprint density at radius 2 is 1.76 bits per heavy atom. The highest BCUT2D eigenvalue weighted by Crippen LogP contribution is 2.25.